The summed E-state index contributed by atoms with van der Waals surface area (Å²) in [4.78, 5) is 32.8. The predicted octanol–water partition coefficient (Wildman–Crippen LogP) is 4.27. The Kier molecular flexibility index (Phi) is 5.31. The maximum atomic E-state index is 12.8. The quantitative estimate of drug-likeness (QED) is 0.365. The molecular weight excluding hydrogens is 510 g/mol. The van der Waals surface area contributed by atoms with Crippen molar-refractivity contribution in [3.05, 3.63) is 91.9 Å². The Balaban J connectivity index is 1.58. The lowest BCUT2D eigenvalue weighted by molar-refractivity contribution is 0.102. The highest BCUT2D eigenvalue weighted by Crippen LogP contribution is 2.20. The molecule has 0 saturated heterocycles. The van der Waals surface area contributed by atoms with Crippen LogP contribution in [0.25, 0.3) is 22.7 Å². The number of carbonyl (C=O) groups excluding carboxylic acids is 1. The zero-order chi connectivity index (χ0) is 23.1. The molecule has 0 saturated carbocycles. The number of benzene rings is 2. The molecule has 0 atom stereocenters. The highest BCUT2D eigenvalue weighted by atomic mass is 79.9. The molecule has 0 unspecified atom stereocenters. The molecule has 33 heavy (non-hydrogen) atoms. The van der Waals surface area contributed by atoms with Crippen LogP contribution in [0, 0.1) is 6.92 Å². The van der Waals surface area contributed by atoms with Gasteiger partial charge in [-0.15, -0.1) is 0 Å². The first-order chi connectivity index (χ1) is 15.9. The van der Waals surface area contributed by atoms with E-state index in [-0.39, 0.29) is 17.4 Å². The molecule has 5 aromatic rings. The first-order valence-electron chi connectivity index (χ1n) is 9.77. The van der Waals surface area contributed by atoms with Crippen LogP contribution in [0.15, 0.2) is 70.1 Å². The average molecular weight is 525 g/mol. The van der Waals surface area contributed by atoms with Crippen LogP contribution in [0.4, 0.5) is 5.82 Å². The standard InChI is InChI=1S/C22H15BrClN7O2/c1-12-10-18(26-20(32)13-2-4-14(23)5-3-13)31(29-12)22-27-19-17(21(33)28-22)11-25-30(19)16-8-6-15(24)7-9-16/h2-11H,1H3,(H,26,32)(H,27,28,33). The second-order valence-corrected chi connectivity index (χ2v) is 8.56. The van der Waals surface area contributed by atoms with Gasteiger partial charge in [0.2, 0.25) is 5.95 Å². The number of carbonyl (C=O) groups is 1. The monoisotopic (exact) mass is 523 g/mol. The van der Waals surface area contributed by atoms with Gasteiger partial charge in [0, 0.05) is 21.1 Å². The third-order valence-electron chi connectivity index (χ3n) is 4.88. The summed E-state index contributed by atoms with van der Waals surface area (Å²) in [5.74, 6) is 0.182. The molecule has 0 spiro atoms. The normalized spacial score (nSPS) is 11.1. The van der Waals surface area contributed by atoms with Gasteiger partial charge >= 0.3 is 0 Å². The Morgan fingerprint density at radius 2 is 1.82 bits per heavy atom. The topological polar surface area (TPSA) is 110 Å². The van der Waals surface area contributed by atoms with Gasteiger partial charge in [0.15, 0.2) is 5.65 Å². The van der Waals surface area contributed by atoms with E-state index in [2.05, 4.69) is 41.4 Å². The van der Waals surface area contributed by atoms with Crippen molar-refractivity contribution in [3.63, 3.8) is 0 Å². The first kappa shape index (κ1) is 21.1. The fraction of sp³-hybridized carbons (Fsp3) is 0.0455. The SMILES string of the molecule is Cc1cc(NC(=O)c2ccc(Br)cc2)n(-c2nc3c(cnn3-c3ccc(Cl)cc3)c(=O)[nH]2)n1. The van der Waals surface area contributed by atoms with Crippen molar-refractivity contribution in [1.82, 2.24) is 29.5 Å². The molecule has 0 aliphatic carbocycles. The summed E-state index contributed by atoms with van der Waals surface area (Å²) >= 11 is 9.34. The largest absolute Gasteiger partial charge is 0.306 e. The van der Waals surface area contributed by atoms with Crippen molar-refractivity contribution in [1.29, 1.82) is 0 Å². The highest BCUT2D eigenvalue weighted by Gasteiger charge is 2.17. The minimum absolute atomic E-state index is 0.141. The van der Waals surface area contributed by atoms with E-state index >= 15 is 0 Å². The maximum absolute atomic E-state index is 12.8. The van der Waals surface area contributed by atoms with Crippen molar-refractivity contribution >= 4 is 50.3 Å². The van der Waals surface area contributed by atoms with Gasteiger partial charge in [-0.3, -0.25) is 14.6 Å². The number of fused-ring (bicyclic) bond motifs is 1. The van der Waals surface area contributed by atoms with Gasteiger partial charge in [-0.05, 0) is 55.5 Å². The Bertz CT molecular complexity index is 1550. The number of nitrogens with zero attached hydrogens (tertiary/aromatic N) is 5. The van der Waals surface area contributed by atoms with E-state index in [4.69, 9.17) is 11.6 Å². The van der Waals surface area contributed by atoms with E-state index in [0.717, 1.165) is 4.47 Å². The number of aryl methyl sites for hydroxylation is 1. The third kappa shape index (κ3) is 4.06. The lowest BCUT2D eigenvalue weighted by atomic mass is 10.2. The van der Waals surface area contributed by atoms with Crippen molar-refractivity contribution < 1.29 is 4.79 Å². The number of amides is 1. The molecule has 9 nitrogen and oxygen atoms in total. The Morgan fingerprint density at radius 1 is 1.09 bits per heavy atom. The van der Waals surface area contributed by atoms with Crippen molar-refractivity contribution in [3.8, 4) is 11.6 Å². The molecule has 0 fully saturated rings. The van der Waals surface area contributed by atoms with Gasteiger partial charge in [-0.1, -0.05) is 27.5 Å². The maximum Gasteiger partial charge on any atom is 0.263 e. The van der Waals surface area contributed by atoms with E-state index in [1.165, 1.54) is 10.9 Å². The summed E-state index contributed by atoms with van der Waals surface area (Å²) in [5.41, 5.74) is 1.76. The Morgan fingerprint density at radius 3 is 2.55 bits per heavy atom. The summed E-state index contributed by atoms with van der Waals surface area (Å²) in [5, 5.41) is 12.4. The zero-order valence-electron chi connectivity index (χ0n) is 17.1. The van der Waals surface area contributed by atoms with Gasteiger partial charge < -0.3 is 5.32 Å². The van der Waals surface area contributed by atoms with Crippen LogP contribution >= 0.6 is 27.5 Å². The average Bonchev–Trinajstić information content (AvgIpc) is 3.38. The number of aromatic amines is 1. The number of aromatic nitrogens is 6. The number of hydrogen-bond acceptors (Lipinski definition) is 5. The Labute approximate surface area is 200 Å². The highest BCUT2D eigenvalue weighted by molar-refractivity contribution is 9.10. The van der Waals surface area contributed by atoms with Crippen LogP contribution in [0.3, 0.4) is 0 Å². The van der Waals surface area contributed by atoms with Crippen LogP contribution < -0.4 is 10.9 Å². The van der Waals surface area contributed by atoms with E-state index in [1.807, 2.05) is 0 Å². The molecule has 0 bridgehead atoms. The smallest absolute Gasteiger partial charge is 0.263 e. The molecule has 2 aromatic carbocycles. The molecule has 1 amide bonds. The second kappa shape index (κ2) is 8.30. The molecule has 0 radical (unpaired) electrons. The van der Waals surface area contributed by atoms with E-state index in [9.17, 15) is 9.59 Å². The van der Waals surface area contributed by atoms with Crippen molar-refractivity contribution in [2.75, 3.05) is 5.32 Å². The second-order valence-electron chi connectivity index (χ2n) is 7.20. The third-order valence-corrected chi connectivity index (χ3v) is 5.66. The van der Waals surface area contributed by atoms with Gasteiger partial charge in [0.1, 0.15) is 11.2 Å². The summed E-state index contributed by atoms with van der Waals surface area (Å²) in [7, 11) is 0. The summed E-state index contributed by atoms with van der Waals surface area (Å²) in [6.45, 7) is 1.78. The van der Waals surface area contributed by atoms with Crippen LogP contribution in [0.2, 0.25) is 5.02 Å². The van der Waals surface area contributed by atoms with E-state index in [1.54, 1.807) is 66.2 Å². The molecule has 2 N–H and O–H groups in total. The van der Waals surface area contributed by atoms with Gasteiger partial charge in [-0.25, -0.2) is 4.68 Å². The fourth-order valence-electron chi connectivity index (χ4n) is 3.32. The lowest BCUT2D eigenvalue weighted by Crippen LogP contribution is -2.19. The molecule has 3 aromatic heterocycles. The fourth-order valence-corrected chi connectivity index (χ4v) is 3.71. The van der Waals surface area contributed by atoms with Gasteiger partial charge in [0.05, 0.1) is 17.6 Å². The number of rotatable bonds is 4. The number of halogens is 2. The minimum Gasteiger partial charge on any atom is -0.306 e. The molecule has 3 heterocycles. The molecular formula is C22H15BrClN7O2. The van der Waals surface area contributed by atoms with E-state index < -0.39 is 0 Å². The summed E-state index contributed by atoms with van der Waals surface area (Å²) in [6, 6.07) is 15.7. The van der Waals surface area contributed by atoms with Crippen LogP contribution in [-0.4, -0.2) is 35.4 Å². The van der Waals surface area contributed by atoms with Crippen LogP contribution in [0.5, 0.6) is 0 Å². The van der Waals surface area contributed by atoms with Crippen molar-refractivity contribution in [2.24, 2.45) is 0 Å². The molecule has 11 heteroatoms. The van der Waals surface area contributed by atoms with E-state index in [0.29, 0.717) is 38.8 Å². The minimum atomic E-state index is -0.381. The number of H-pyrrole nitrogens is 1. The number of anilines is 1. The van der Waals surface area contributed by atoms with Crippen LogP contribution in [0.1, 0.15) is 16.1 Å². The Hall–Kier alpha value is -3.76. The zero-order valence-corrected chi connectivity index (χ0v) is 19.4. The molecule has 0 aliphatic heterocycles. The summed E-state index contributed by atoms with van der Waals surface area (Å²) < 4.78 is 3.79. The molecule has 0 aliphatic rings. The van der Waals surface area contributed by atoms with Gasteiger partial charge in [-0.2, -0.15) is 19.9 Å². The lowest BCUT2D eigenvalue weighted by Gasteiger charge is -2.09. The van der Waals surface area contributed by atoms with Crippen molar-refractivity contribution in [2.45, 2.75) is 6.92 Å². The number of nitrogens with one attached hydrogen (secondary N) is 2. The van der Waals surface area contributed by atoms with Crippen LogP contribution in [-0.2, 0) is 0 Å². The molecule has 164 valence electrons. The predicted molar refractivity (Wildman–Crippen MR) is 128 cm³/mol. The first-order valence-corrected chi connectivity index (χ1v) is 10.9. The van der Waals surface area contributed by atoms with Gasteiger partial charge in [0.25, 0.3) is 11.5 Å². The molecule has 5 rings (SSSR count). The summed E-state index contributed by atoms with van der Waals surface area (Å²) in [6.07, 6.45) is 1.45. The number of hydrogen-bond donors (Lipinski definition) is 2.